The van der Waals surface area contributed by atoms with Gasteiger partial charge in [-0.2, -0.15) is 0 Å². The maximum absolute atomic E-state index is 12.9. The van der Waals surface area contributed by atoms with Crippen LogP contribution in [0, 0.1) is 0 Å². The SMILES string of the molecule is CC(C)(C)OC(=O)N1C[C@@](O)(CO[Si](C)(C)C(C)(C)C)[C@H](O)[C@H]1COCc1ccccc1. The van der Waals surface area contributed by atoms with E-state index in [2.05, 4.69) is 33.9 Å². The van der Waals surface area contributed by atoms with Crippen LogP contribution in [0.4, 0.5) is 4.79 Å². The van der Waals surface area contributed by atoms with Crippen molar-refractivity contribution in [3.05, 3.63) is 35.9 Å². The largest absolute Gasteiger partial charge is 0.444 e. The molecule has 8 heteroatoms. The highest BCUT2D eigenvalue weighted by atomic mass is 28.4. The van der Waals surface area contributed by atoms with Gasteiger partial charge in [-0.1, -0.05) is 51.1 Å². The number of β-amino-alcohol motifs (C(OH)–C–C–N with tert-alkyl or cyclic N) is 1. The van der Waals surface area contributed by atoms with Crippen LogP contribution < -0.4 is 0 Å². The van der Waals surface area contributed by atoms with Crippen molar-refractivity contribution in [3.63, 3.8) is 0 Å². The van der Waals surface area contributed by atoms with Crippen LogP contribution in [0.1, 0.15) is 47.1 Å². The highest BCUT2D eigenvalue weighted by Crippen LogP contribution is 2.38. The minimum absolute atomic E-state index is 0.0457. The molecule has 1 amide bonds. The molecule has 0 spiro atoms. The van der Waals surface area contributed by atoms with Crippen LogP contribution in [0.5, 0.6) is 0 Å². The van der Waals surface area contributed by atoms with Gasteiger partial charge < -0.3 is 24.1 Å². The lowest BCUT2D eigenvalue weighted by Gasteiger charge is -2.39. The van der Waals surface area contributed by atoms with Crippen molar-refractivity contribution < 1.29 is 28.9 Å². The molecule has 2 rings (SSSR count). The van der Waals surface area contributed by atoms with E-state index in [1.165, 1.54) is 4.90 Å². The second-order valence-corrected chi connectivity index (χ2v) is 16.1. The fourth-order valence-electron chi connectivity index (χ4n) is 3.26. The molecular weight excluding hydrogens is 426 g/mol. The molecule has 0 aromatic heterocycles. The normalized spacial score (nSPS) is 24.6. The van der Waals surface area contributed by atoms with Crippen LogP contribution in [-0.4, -0.2) is 72.6 Å². The summed E-state index contributed by atoms with van der Waals surface area (Å²) in [4.78, 5) is 14.3. The maximum atomic E-state index is 12.9. The first-order valence-electron chi connectivity index (χ1n) is 11.2. The van der Waals surface area contributed by atoms with Gasteiger partial charge in [0.1, 0.15) is 17.3 Å². The van der Waals surface area contributed by atoms with Gasteiger partial charge in [0.25, 0.3) is 0 Å². The van der Waals surface area contributed by atoms with E-state index in [-0.39, 0.29) is 24.8 Å². The minimum Gasteiger partial charge on any atom is -0.444 e. The molecule has 2 N–H and O–H groups in total. The number of hydrogen-bond donors (Lipinski definition) is 2. The molecule has 32 heavy (non-hydrogen) atoms. The predicted octanol–water partition coefficient (Wildman–Crippen LogP) is 3.94. The Morgan fingerprint density at radius 2 is 1.75 bits per heavy atom. The van der Waals surface area contributed by atoms with Crippen LogP contribution in [0.2, 0.25) is 18.1 Å². The lowest BCUT2D eigenvalue weighted by Crippen LogP contribution is -2.52. The Morgan fingerprint density at radius 1 is 1.16 bits per heavy atom. The summed E-state index contributed by atoms with van der Waals surface area (Å²) in [6.45, 7) is 16.1. The van der Waals surface area contributed by atoms with Gasteiger partial charge in [0.2, 0.25) is 0 Å². The standard InChI is InChI=1S/C24H41NO6Si/c1-22(2,3)31-21(27)25-16-24(28,17-30-32(7,8)23(4,5)6)20(26)19(25)15-29-14-18-12-10-9-11-13-18/h9-13,19-20,26,28H,14-17H2,1-8H3/t19-,20-,24-/m1/s1. The molecule has 1 fully saturated rings. The summed E-state index contributed by atoms with van der Waals surface area (Å²) >= 11 is 0. The zero-order valence-electron chi connectivity index (χ0n) is 20.8. The zero-order valence-corrected chi connectivity index (χ0v) is 21.8. The minimum atomic E-state index is -2.17. The van der Waals surface area contributed by atoms with E-state index in [4.69, 9.17) is 13.9 Å². The monoisotopic (exact) mass is 467 g/mol. The Labute approximate surface area is 193 Å². The molecule has 1 saturated heterocycles. The summed E-state index contributed by atoms with van der Waals surface area (Å²) in [5.41, 5.74) is -1.32. The molecule has 1 aromatic carbocycles. The van der Waals surface area contributed by atoms with Gasteiger partial charge >= 0.3 is 6.09 Å². The van der Waals surface area contributed by atoms with Crippen LogP contribution >= 0.6 is 0 Å². The van der Waals surface area contributed by atoms with E-state index >= 15 is 0 Å². The first-order valence-corrected chi connectivity index (χ1v) is 14.1. The molecule has 182 valence electrons. The zero-order chi connectivity index (χ0) is 24.4. The van der Waals surface area contributed by atoms with E-state index in [9.17, 15) is 15.0 Å². The van der Waals surface area contributed by atoms with E-state index in [0.717, 1.165) is 5.56 Å². The first-order chi connectivity index (χ1) is 14.6. The number of rotatable bonds is 7. The number of aliphatic hydroxyl groups is 2. The Bertz CT molecular complexity index is 758. The summed E-state index contributed by atoms with van der Waals surface area (Å²) in [5.74, 6) is 0. The molecule has 7 nitrogen and oxygen atoms in total. The van der Waals surface area contributed by atoms with E-state index in [1.807, 2.05) is 30.3 Å². The van der Waals surface area contributed by atoms with Gasteiger partial charge in [-0.3, -0.25) is 4.90 Å². The van der Waals surface area contributed by atoms with Crippen molar-refractivity contribution in [1.29, 1.82) is 0 Å². The van der Waals surface area contributed by atoms with Gasteiger partial charge in [0.05, 0.1) is 32.4 Å². The van der Waals surface area contributed by atoms with Crippen molar-refractivity contribution in [2.75, 3.05) is 19.8 Å². The van der Waals surface area contributed by atoms with Gasteiger partial charge in [0, 0.05) is 0 Å². The van der Waals surface area contributed by atoms with Crippen LogP contribution in [0.15, 0.2) is 30.3 Å². The van der Waals surface area contributed by atoms with Gasteiger partial charge in [-0.15, -0.1) is 0 Å². The molecule has 0 saturated carbocycles. The Balaban J connectivity index is 2.16. The van der Waals surface area contributed by atoms with E-state index in [0.29, 0.717) is 6.61 Å². The van der Waals surface area contributed by atoms with Crippen molar-refractivity contribution >= 4 is 14.4 Å². The number of carbonyl (C=O) groups is 1. The van der Waals surface area contributed by atoms with Crippen molar-refractivity contribution in [2.24, 2.45) is 0 Å². The number of benzene rings is 1. The predicted molar refractivity (Wildman–Crippen MR) is 127 cm³/mol. The Kier molecular flexibility index (Phi) is 8.21. The van der Waals surface area contributed by atoms with E-state index in [1.54, 1.807) is 20.8 Å². The lowest BCUT2D eigenvalue weighted by molar-refractivity contribution is -0.0843. The molecule has 1 aliphatic rings. The molecule has 0 aliphatic carbocycles. The van der Waals surface area contributed by atoms with E-state index < -0.39 is 37.8 Å². The van der Waals surface area contributed by atoms with Gasteiger partial charge in [-0.05, 0) is 44.5 Å². The average Bonchev–Trinajstić information content (AvgIpc) is 2.91. The van der Waals surface area contributed by atoms with Crippen LogP contribution in [0.3, 0.4) is 0 Å². The summed E-state index contributed by atoms with van der Waals surface area (Å²) in [7, 11) is -2.17. The second kappa shape index (κ2) is 9.81. The van der Waals surface area contributed by atoms with Crippen LogP contribution in [-0.2, 0) is 20.5 Å². The third-order valence-electron chi connectivity index (χ3n) is 6.28. The molecule has 3 atom stereocenters. The highest BCUT2D eigenvalue weighted by molar-refractivity contribution is 6.74. The summed E-state index contributed by atoms with van der Waals surface area (Å²) < 4.78 is 17.6. The van der Waals surface area contributed by atoms with Crippen LogP contribution in [0.25, 0.3) is 0 Å². The smallest absolute Gasteiger partial charge is 0.410 e. The van der Waals surface area contributed by atoms with Crippen molar-refractivity contribution in [1.82, 2.24) is 4.90 Å². The molecule has 1 aliphatic heterocycles. The highest BCUT2D eigenvalue weighted by Gasteiger charge is 2.55. The quantitative estimate of drug-likeness (QED) is 0.591. The van der Waals surface area contributed by atoms with Crippen molar-refractivity contribution in [3.8, 4) is 0 Å². The average molecular weight is 468 g/mol. The fourth-order valence-corrected chi connectivity index (χ4v) is 4.30. The molecule has 0 bridgehead atoms. The molecule has 0 unspecified atom stereocenters. The molecular formula is C24H41NO6Si. The molecule has 1 aromatic rings. The number of nitrogens with zero attached hydrogens (tertiary/aromatic N) is 1. The fraction of sp³-hybridized carbons (Fsp3) is 0.708. The van der Waals surface area contributed by atoms with Crippen molar-refractivity contribution in [2.45, 2.75) is 89.6 Å². The third kappa shape index (κ3) is 6.77. The van der Waals surface area contributed by atoms with Gasteiger partial charge in [0.15, 0.2) is 8.32 Å². The Hall–Kier alpha value is -1.45. The number of carbonyl (C=O) groups excluding carboxylic acids is 1. The molecule has 0 radical (unpaired) electrons. The summed E-state index contributed by atoms with van der Waals surface area (Å²) in [5, 5.41) is 22.4. The maximum Gasteiger partial charge on any atom is 0.410 e. The third-order valence-corrected chi connectivity index (χ3v) is 10.8. The topological polar surface area (TPSA) is 88.5 Å². The summed E-state index contributed by atoms with van der Waals surface area (Å²) in [6, 6.07) is 8.92. The number of aliphatic hydroxyl groups excluding tert-OH is 1. The first kappa shape index (κ1) is 26.8. The Morgan fingerprint density at radius 3 is 2.28 bits per heavy atom. The molecule has 1 heterocycles. The number of likely N-dealkylation sites (tertiary alicyclic amines) is 1. The number of amides is 1. The van der Waals surface area contributed by atoms with Gasteiger partial charge in [-0.25, -0.2) is 4.79 Å². The lowest BCUT2D eigenvalue weighted by atomic mass is 9.98. The summed E-state index contributed by atoms with van der Waals surface area (Å²) in [6.07, 6.45) is -1.82. The number of ether oxygens (including phenoxy) is 2. The number of hydrogen-bond acceptors (Lipinski definition) is 6. The second-order valence-electron chi connectivity index (χ2n) is 11.3.